The Balaban J connectivity index is 1.27. The van der Waals surface area contributed by atoms with Crippen LogP contribution >= 0.6 is 0 Å². The SMILES string of the molecule is CC(C)CNC(=O)Cc1cn2c(C(=O)NCC34CC5CCCC(C3)C(C5)C4)cccc2n1. The molecule has 6 heteroatoms. The molecule has 2 heterocycles. The van der Waals surface area contributed by atoms with Gasteiger partial charge in [-0.25, -0.2) is 4.98 Å². The second kappa shape index (κ2) is 8.53. The van der Waals surface area contributed by atoms with Crippen molar-refractivity contribution in [2.75, 3.05) is 13.1 Å². The van der Waals surface area contributed by atoms with E-state index in [9.17, 15) is 9.59 Å². The van der Waals surface area contributed by atoms with E-state index >= 15 is 0 Å². The van der Waals surface area contributed by atoms with Crippen LogP contribution in [0, 0.1) is 29.1 Å². The van der Waals surface area contributed by atoms with E-state index in [1.54, 1.807) is 0 Å². The van der Waals surface area contributed by atoms with Crippen LogP contribution in [-0.4, -0.2) is 34.3 Å². The normalized spacial score (nSPS) is 28.8. The molecule has 4 atom stereocenters. The largest absolute Gasteiger partial charge is 0.356 e. The van der Waals surface area contributed by atoms with Crippen molar-refractivity contribution in [2.24, 2.45) is 29.1 Å². The van der Waals surface area contributed by atoms with Gasteiger partial charge in [-0.2, -0.15) is 0 Å². The standard InChI is InChI=1S/C26H36N4O2/c1-17(2)14-27-24(31)10-21-15-30-22(7-4-8-23(30)29-21)25(32)28-16-26-11-18-5-3-6-19(12-26)20(9-18)13-26/h4,7-8,15,17-20H,3,5-6,9-14,16H2,1-2H3,(H,27,31)(H,28,32). The molecule has 0 aliphatic heterocycles. The molecule has 2 aromatic heterocycles. The lowest BCUT2D eigenvalue weighted by molar-refractivity contribution is -0.120. The molecule has 2 amide bonds. The lowest BCUT2D eigenvalue weighted by Gasteiger charge is -2.38. The third kappa shape index (κ3) is 4.28. The van der Waals surface area contributed by atoms with Crippen molar-refractivity contribution in [3.8, 4) is 0 Å². The van der Waals surface area contributed by atoms with Gasteiger partial charge in [0.2, 0.25) is 5.91 Å². The molecule has 4 unspecified atom stereocenters. The third-order valence-electron chi connectivity index (χ3n) is 8.05. The number of fused-ring (bicyclic) bond motifs is 3. The lowest BCUT2D eigenvalue weighted by Crippen LogP contribution is -2.39. The first kappa shape index (κ1) is 21.5. The van der Waals surface area contributed by atoms with E-state index in [4.69, 9.17) is 0 Å². The molecule has 3 aliphatic carbocycles. The van der Waals surface area contributed by atoms with Crippen LogP contribution in [0.15, 0.2) is 24.4 Å². The molecule has 3 bridgehead atoms. The van der Waals surface area contributed by atoms with Gasteiger partial charge in [-0.15, -0.1) is 0 Å². The highest BCUT2D eigenvalue weighted by atomic mass is 16.2. The minimum atomic E-state index is -0.0441. The van der Waals surface area contributed by atoms with Gasteiger partial charge in [-0.3, -0.25) is 14.0 Å². The van der Waals surface area contributed by atoms with Crippen molar-refractivity contribution in [2.45, 2.75) is 65.2 Å². The molecule has 0 saturated heterocycles. The van der Waals surface area contributed by atoms with Crippen LogP contribution in [0.3, 0.4) is 0 Å². The molecule has 5 rings (SSSR count). The predicted octanol–water partition coefficient (Wildman–Crippen LogP) is 3.99. The van der Waals surface area contributed by atoms with Crippen molar-refractivity contribution in [3.05, 3.63) is 35.8 Å². The highest BCUT2D eigenvalue weighted by molar-refractivity contribution is 5.93. The number of carbonyl (C=O) groups is 2. The minimum absolute atomic E-state index is 0.0363. The summed E-state index contributed by atoms with van der Waals surface area (Å²) in [5, 5.41) is 6.22. The van der Waals surface area contributed by atoms with Crippen LogP contribution in [-0.2, 0) is 11.2 Å². The summed E-state index contributed by atoms with van der Waals surface area (Å²) in [5.74, 6) is 2.95. The average molecular weight is 437 g/mol. The Labute approximate surface area is 190 Å². The molecule has 2 aromatic rings. The highest BCUT2D eigenvalue weighted by Gasteiger charge is 2.51. The van der Waals surface area contributed by atoms with E-state index in [-0.39, 0.29) is 18.2 Å². The first-order valence-corrected chi connectivity index (χ1v) is 12.4. The van der Waals surface area contributed by atoms with Crippen molar-refractivity contribution in [1.29, 1.82) is 0 Å². The molecule has 6 nitrogen and oxygen atoms in total. The van der Waals surface area contributed by atoms with E-state index in [0.717, 1.165) is 24.3 Å². The summed E-state index contributed by atoms with van der Waals surface area (Å²) >= 11 is 0. The number of aromatic nitrogens is 2. The van der Waals surface area contributed by atoms with E-state index < -0.39 is 0 Å². The fourth-order valence-corrected chi connectivity index (χ4v) is 6.77. The summed E-state index contributed by atoms with van der Waals surface area (Å²) in [6.45, 7) is 5.58. The van der Waals surface area contributed by atoms with Crippen molar-refractivity contribution in [3.63, 3.8) is 0 Å². The maximum atomic E-state index is 13.2. The molecule has 0 radical (unpaired) electrons. The first-order chi connectivity index (χ1) is 15.4. The monoisotopic (exact) mass is 436 g/mol. The molecule has 3 fully saturated rings. The number of hydrogen-bond acceptors (Lipinski definition) is 3. The van der Waals surface area contributed by atoms with Gasteiger partial charge in [0.05, 0.1) is 12.1 Å². The van der Waals surface area contributed by atoms with Crippen molar-refractivity contribution >= 4 is 17.5 Å². The van der Waals surface area contributed by atoms with Gasteiger partial charge >= 0.3 is 0 Å². The fraction of sp³-hybridized carbons (Fsp3) is 0.654. The lowest BCUT2D eigenvalue weighted by atomic mass is 9.69. The van der Waals surface area contributed by atoms with E-state index in [1.165, 1.54) is 44.9 Å². The number of pyridine rings is 1. The van der Waals surface area contributed by atoms with Gasteiger partial charge < -0.3 is 10.6 Å². The van der Waals surface area contributed by atoms with Gasteiger partial charge in [0.1, 0.15) is 11.3 Å². The molecular formula is C26H36N4O2. The maximum Gasteiger partial charge on any atom is 0.268 e. The zero-order valence-corrected chi connectivity index (χ0v) is 19.4. The molecular weight excluding hydrogens is 400 g/mol. The van der Waals surface area contributed by atoms with Crippen LogP contribution in [0.4, 0.5) is 0 Å². The summed E-state index contributed by atoms with van der Waals surface area (Å²) in [6.07, 6.45) is 11.5. The Hall–Kier alpha value is -2.37. The van der Waals surface area contributed by atoms with Crippen LogP contribution < -0.4 is 10.6 Å². The molecule has 3 aliphatic rings. The van der Waals surface area contributed by atoms with E-state index in [2.05, 4.69) is 29.5 Å². The quantitative estimate of drug-likeness (QED) is 0.689. The Morgan fingerprint density at radius 1 is 1.16 bits per heavy atom. The maximum absolute atomic E-state index is 13.2. The topological polar surface area (TPSA) is 75.5 Å². The number of imidazole rings is 1. The Bertz CT molecular complexity index is 1010. The van der Waals surface area contributed by atoms with Crippen LogP contribution in [0.25, 0.3) is 5.65 Å². The van der Waals surface area contributed by atoms with Gasteiger partial charge in [-0.1, -0.05) is 39.2 Å². The summed E-state index contributed by atoms with van der Waals surface area (Å²) in [7, 11) is 0. The Morgan fingerprint density at radius 3 is 2.84 bits per heavy atom. The third-order valence-corrected chi connectivity index (χ3v) is 8.05. The summed E-state index contributed by atoms with van der Waals surface area (Å²) in [6, 6.07) is 5.60. The second-order valence-corrected chi connectivity index (χ2v) is 11.1. The van der Waals surface area contributed by atoms with Crippen molar-refractivity contribution < 1.29 is 9.59 Å². The zero-order chi connectivity index (χ0) is 22.3. The highest BCUT2D eigenvalue weighted by Crippen LogP contribution is 2.59. The number of nitrogens with one attached hydrogen (secondary N) is 2. The van der Waals surface area contributed by atoms with Crippen LogP contribution in [0.1, 0.15) is 75.0 Å². The van der Waals surface area contributed by atoms with Crippen LogP contribution in [0.5, 0.6) is 0 Å². The summed E-state index contributed by atoms with van der Waals surface area (Å²) in [4.78, 5) is 30.0. The molecule has 0 aromatic carbocycles. The number of carbonyl (C=O) groups excluding carboxylic acids is 2. The van der Waals surface area contributed by atoms with Gasteiger partial charge in [0.15, 0.2) is 0 Å². The number of hydrogen-bond donors (Lipinski definition) is 2. The number of amides is 2. The molecule has 2 N–H and O–H groups in total. The predicted molar refractivity (Wildman–Crippen MR) is 124 cm³/mol. The summed E-state index contributed by atoms with van der Waals surface area (Å²) in [5.41, 5.74) is 2.28. The van der Waals surface area contributed by atoms with Gasteiger partial charge in [0.25, 0.3) is 5.91 Å². The number of rotatable bonds is 7. The second-order valence-electron chi connectivity index (χ2n) is 11.1. The zero-order valence-electron chi connectivity index (χ0n) is 19.4. The molecule has 172 valence electrons. The van der Waals surface area contributed by atoms with Gasteiger partial charge in [0, 0.05) is 19.3 Å². The molecule has 32 heavy (non-hydrogen) atoms. The smallest absolute Gasteiger partial charge is 0.268 e. The Kier molecular flexibility index (Phi) is 5.72. The van der Waals surface area contributed by atoms with Crippen molar-refractivity contribution in [1.82, 2.24) is 20.0 Å². The summed E-state index contributed by atoms with van der Waals surface area (Å²) < 4.78 is 1.82. The molecule has 0 spiro atoms. The molecule has 3 saturated carbocycles. The fourth-order valence-electron chi connectivity index (χ4n) is 6.77. The van der Waals surface area contributed by atoms with E-state index in [0.29, 0.717) is 34.9 Å². The van der Waals surface area contributed by atoms with Crippen LogP contribution in [0.2, 0.25) is 0 Å². The minimum Gasteiger partial charge on any atom is -0.356 e. The van der Waals surface area contributed by atoms with E-state index in [1.807, 2.05) is 28.8 Å². The Morgan fingerprint density at radius 2 is 2.00 bits per heavy atom. The average Bonchev–Trinajstić information content (AvgIpc) is 3.23. The number of nitrogens with zero attached hydrogens (tertiary/aromatic N) is 2. The van der Waals surface area contributed by atoms with Gasteiger partial charge in [-0.05, 0) is 66.9 Å². The first-order valence-electron chi connectivity index (χ1n) is 12.4.